The Kier molecular flexibility index (Phi) is 6.78. The van der Waals surface area contributed by atoms with E-state index in [9.17, 15) is 4.57 Å². The topological polar surface area (TPSA) is 53.4 Å². The van der Waals surface area contributed by atoms with Crippen molar-refractivity contribution in [2.45, 2.75) is 20.4 Å². The second kappa shape index (κ2) is 8.82. The predicted molar refractivity (Wildman–Crippen MR) is 92.5 cm³/mol. The van der Waals surface area contributed by atoms with Crippen molar-refractivity contribution in [2.24, 2.45) is 0 Å². The molecule has 2 rings (SSSR count). The first-order valence-electron chi connectivity index (χ1n) is 7.76. The second-order valence-electron chi connectivity index (χ2n) is 4.98. The lowest BCUT2D eigenvalue weighted by atomic mass is 10.1. The summed E-state index contributed by atoms with van der Waals surface area (Å²) in [6.45, 7) is 5.11. The first-order chi connectivity index (χ1) is 11.1. The highest BCUT2D eigenvalue weighted by atomic mass is 31.2. The van der Waals surface area contributed by atoms with E-state index in [1.807, 2.05) is 55.1 Å². The molecule has 0 radical (unpaired) electrons. The number of aromatic nitrogens is 2. The Hall–Kier alpha value is -1.68. The van der Waals surface area contributed by atoms with Gasteiger partial charge in [-0.25, -0.2) is 0 Å². The van der Waals surface area contributed by atoms with Crippen molar-refractivity contribution in [1.29, 1.82) is 0 Å². The lowest BCUT2D eigenvalue weighted by molar-refractivity contribution is 0.222. The zero-order valence-electron chi connectivity index (χ0n) is 13.6. The molecule has 23 heavy (non-hydrogen) atoms. The zero-order chi connectivity index (χ0) is 16.5. The van der Waals surface area contributed by atoms with Crippen LogP contribution >= 0.6 is 7.60 Å². The van der Waals surface area contributed by atoms with Crippen LogP contribution in [0.15, 0.2) is 48.8 Å². The van der Waals surface area contributed by atoms with Crippen LogP contribution < -0.4 is 0 Å². The quantitative estimate of drug-likeness (QED) is 0.645. The fourth-order valence-electron chi connectivity index (χ4n) is 2.23. The van der Waals surface area contributed by atoms with Crippen LogP contribution in [0.25, 0.3) is 6.08 Å². The summed E-state index contributed by atoms with van der Waals surface area (Å²) in [7, 11) is -3.02. The third-order valence-electron chi connectivity index (χ3n) is 3.15. The summed E-state index contributed by atoms with van der Waals surface area (Å²) in [4.78, 5) is 0. The molecule has 0 atom stereocenters. The summed E-state index contributed by atoms with van der Waals surface area (Å²) < 4.78 is 24.8. The number of rotatable bonds is 9. The highest BCUT2D eigenvalue weighted by molar-refractivity contribution is 7.54. The van der Waals surface area contributed by atoms with E-state index in [1.54, 1.807) is 6.20 Å². The molecule has 0 unspecified atom stereocenters. The van der Waals surface area contributed by atoms with Gasteiger partial charge in [0.25, 0.3) is 0 Å². The highest BCUT2D eigenvalue weighted by Crippen LogP contribution is 2.47. The van der Waals surface area contributed by atoms with Gasteiger partial charge in [-0.2, -0.15) is 5.10 Å². The smallest absolute Gasteiger partial charge is 0.309 e. The monoisotopic (exact) mass is 334 g/mol. The molecule has 1 aromatic heterocycles. The lowest BCUT2D eigenvalue weighted by Crippen LogP contribution is -1.99. The molecular formula is C17H23N2O3P. The van der Waals surface area contributed by atoms with Crippen LogP contribution in [-0.4, -0.2) is 29.2 Å². The molecule has 0 aliphatic carbocycles. The third-order valence-corrected chi connectivity index (χ3v) is 5.11. The van der Waals surface area contributed by atoms with Crippen LogP contribution in [0.3, 0.4) is 0 Å². The van der Waals surface area contributed by atoms with E-state index in [1.165, 1.54) is 0 Å². The average molecular weight is 334 g/mol. The van der Waals surface area contributed by atoms with E-state index >= 15 is 0 Å². The number of nitrogens with zero attached hydrogens (tertiary/aromatic N) is 2. The lowest BCUT2D eigenvalue weighted by Gasteiger charge is -2.14. The minimum atomic E-state index is -3.02. The summed E-state index contributed by atoms with van der Waals surface area (Å²) >= 11 is 0. The van der Waals surface area contributed by atoms with Crippen LogP contribution in [0.4, 0.5) is 0 Å². The number of benzene rings is 1. The molecule has 1 aromatic carbocycles. The Balaban J connectivity index is 2.00. The van der Waals surface area contributed by atoms with Crippen molar-refractivity contribution in [1.82, 2.24) is 9.78 Å². The summed E-state index contributed by atoms with van der Waals surface area (Å²) in [5.41, 5.74) is 2.21. The average Bonchev–Trinajstić information content (AvgIpc) is 3.01. The standard InChI is InChI=1S/C17H23N2O3P/c1-3-21-23(20,22-4-2)13-6-10-16-8-5-9-17(14-16)15-19-12-7-11-18-19/h5-12,14H,3-4,13,15H2,1-2H3/b10-6+. The molecule has 2 aromatic rings. The van der Waals surface area contributed by atoms with Gasteiger partial charge in [0.2, 0.25) is 0 Å². The van der Waals surface area contributed by atoms with E-state index in [2.05, 4.69) is 17.2 Å². The van der Waals surface area contributed by atoms with Crippen LogP contribution in [0.2, 0.25) is 0 Å². The molecule has 1 heterocycles. The molecule has 5 nitrogen and oxygen atoms in total. The maximum Gasteiger partial charge on any atom is 0.334 e. The van der Waals surface area contributed by atoms with Gasteiger partial charge in [0.15, 0.2) is 0 Å². The summed E-state index contributed by atoms with van der Waals surface area (Å²) in [5.74, 6) is 0. The maximum absolute atomic E-state index is 12.4. The van der Waals surface area contributed by atoms with Gasteiger partial charge in [0, 0.05) is 12.4 Å². The van der Waals surface area contributed by atoms with Crippen LogP contribution in [0.5, 0.6) is 0 Å². The van der Waals surface area contributed by atoms with Gasteiger partial charge in [-0.3, -0.25) is 9.25 Å². The third kappa shape index (κ3) is 5.79. The minimum absolute atomic E-state index is 0.276. The van der Waals surface area contributed by atoms with Crippen molar-refractivity contribution in [3.63, 3.8) is 0 Å². The molecule has 0 saturated heterocycles. The predicted octanol–water partition coefficient (Wildman–Crippen LogP) is 4.21. The Morgan fingerprint density at radius 1 is 1.22 bits per heavy atom. The molecule has 0 bridgehead atoms. The Morgan fingerprint density at radius 3 is 2.65 bits per heavy atom. The van der Waals surface area contributed by atoms with Gasteiger partial charge in [0.1, 0.15) is 0 Å². The van der Waals surface area contributed by atoms with Crippen LogP contribution in [0.1, 0.15) is 25.0 Å². The molecule has 0 aliphatic heterocycles. The number of hydrogen-bond donors (Lipinski definition) is 0. The summed E-state index contributed by atoms with van der Waals surface area (Å²) in [5, 5.41) is 4.21. The zero-order valence-corrected chi connectivity index (χ0v) is 14.5. The number of allylic oxidation sites excluding steroid dienone is 1. The SMILES string of the molecule is CCOP(=O)(C/C=C/c1cccc(Cn2cccn2)c1)OCC. The molecule has 0 saturated carbocycles. The van der Waals surface area contributed by atoms with E-state index in [-0.39, 0.29) is 6.16 Å². The van der Waals surface area contributed by atoms with Crippen molar-refractivity contribution >= 4 is 13.7 Å². The molecule has 0 amide bonds. The van der Waals surface area contributed by atoms with Crippen LogP contribution in [0, 0.1) is 0 Å². The fraction of sp³-hybridized carbons (Fsp3) is 0.353. The summed E-state index contributed by atoms with van der Waals surface area (Å²) in [6.07, 6.45) is 7.76. The molecule has 6 heteroatoms. The Labute approximate surface area is 137 Å². The Morgan fingerprint density at radius 2 is 2.00 bits per heavy atom. The van der Waals surface area contributed by atoms with Crippen molar-refractivity contribution in [2.75, 3.05) is 19.4 Å². The minimum Gasteiger partial charge on any atom is -0.309 e. The molecule has 0 spiro atoms. The van der Waals surface area contributed by atoms with Crippen molar-refractivity contribution in [3.8, 4) is 0 Å². The van der Waals surface area contributed by atoms with Gasteiger partial charge < -0.3 is 9.05 Å². The maximum atomic E-state index is 12.4. The summed E-state index contributed by atoms with van der Waals surface area (Å²) in [6, 6.07) is 10.1. The van der Waals surface area contributed by atoms with Crippen molar-refractivity contribution in [3.05, 3.63) is 59.9 Å². The highest BCUT2D eigenvalue weighted by Gasteiger charge is 2.20. The van der Waals surface area contributed by atoms with E-state index in [0.717, 1.165) is 17.7 Å². The van der Waals surface area contributed by atoms with Gasteiger partial charge in [-0.1, -0.05) is 30.4 Å². The van der Waals surface area contributed by atoms with Gasteiger partial charge >= 0.3 is 7.60 Å². The van der Waals surface area contributed by atoms with Crippen LogP contribution in [-0.2, 0) is 20.2 Å². The second-order valence-corrected chi connectivity index (χ2v) is 7.08. The van der Waals surface area contributed by atoms with E-state index in [0.29, 0.717) is 13.2 Å². The first kappa shape index (κ1) is 17.7. The van der Waals surface area contributed by atoms with E-state index < -0.39 is 7.60 Å². The van der Waals surface area contributed by atoms with Gasteiger partial charge in [-0.05, 0) is 37.1 Å². The van der Waals surface area contributed by atoms with E-state index in [4.69, 9.17) is 9.05 Å². The molecule has 0 fully saturated rings. The normalized spacial score (nSPS) is 12.1. The molecular weight excluding hydrogens is 311 g/mol. The number of hydrogen-bond acceptors (Lipinski definition) is 4. The molecule has 0 N–H and O–H groups in total. The van der Waals surface area contributed by atoms with Gasteiger partial charge in [-0.15, -0.1) is 0 Å². The van der Waals surface area contributed by atoms with Crippen molar-refractivity contribution < 1.29 is 13.6 Å². The molecule has 124 valence electrons. The molecule has 0 aliphatic rings. The first-order valence-corrected chi connectivity index (χ1v) is 9.49. The van der Waals surface area contributed by atoms with Gasteiger partial charge in [0.05, 0.1) is 25.9 Å². The Bertz CT molecular complexity index is 658. The fourth-order valence-corrected chi connectivity index (χ4v) is 3.67. The largest absolute Gasteiger partial charge is 0.334 e.